The van der Waals surface area contributed by atoms with Crippen molar-refractivity contribution in [3.8, 4) is 0 Å². The number of benzene rings is 1. The first-order chi connectivity index (χ1) is 7.24. The Labute approximate surface area is 93.5 Å². The molecular formula is C14H21N. The maximum atomic E-state index is 3.73. The SMILES string of the molecule is C=C/C(C)=C(/C)Nc1ccccc1.CC. The van der Waals surface area contributed by atoms with E-state index in [1.807, 2.05) is 64.1 Å². The fourth-order valence-corrected chi connectivity index (χ4v) is 0.990. The van der Waals surface area contributed by atoms with Crippen LogP contribution in [0.1, 0.15) is 27.7 Å². The fourth-order valence-electron chi connectivity index (χ4n) is 0.990. The number of anilines is 1. The lowest BCUT2D eigenvalue weighted by molar-refractivity contribution is 1.29. The minimum atomic E-state index is 1.11. The van der Waals surface area contributed by atoms with Crippen LogP contribution in [0.5, 0.6) is 0 Å². The molecule has 0 amide bonds. The van der Waals surface area contributed by atoms with E-state index in [0.29, 0.717) is 0 Å². The number of allylic oxidation sites excluding steroid dienone is 3. The maximum absolute atomic E-state index is 3.73. The predicted octanol–water partition coefficient (Wildman–Crippen LogP) is 4.60. The van der Waals surface area contributed by atoms with E-state index >= 15 is 0 Å². The smallest absolute Gasteiger partial charge is 0.0381 e. The summed E-state index contributed by atoms with van der Waals surface area (Å²) < 4.78 is 0. The second-order valence-corrected chi connectivity index (χ2v) is 3.00. The molecule has 0 saturated heterocycles. The van der Waals surface area contributed by atoms with Crippen LogP contribution >= 0.6 is 0 Å². The standard InChI is InChI=1S/C12H15N.C2H6/c1-4-10(2)11(3)13-12-8-6-5-7-9-12;1-2/h4-9,13H,1H2,2-3H3;1-2H3/b11-10-;. The summed E-state index contributed by atoms with van der Waals surface area (Å²) in [5.41, 5.74) is 3.42. The Morgan fingerprint density at radius 2 is 1.67 bits per heavy atom. The Morgan fingerprint density at radius 1 is 1.13 bits per heavy atom. The zero-order valence-electron chi connectivity index (χ0n) is 10.2. The second kappa shape index (κ2) is 7.86. The van der Waals surface area contributed by atoms with Gasteiger partial charge >= 0.3 is 0 Å². The average Bonchev–Trinajstić information content (AvgIpc) is 2.32. The van der Waals surface area contributed by atoms with Crippen LogP contribution in [0.3, 0.4) is 0 Å². The molecule has 0 atom stereocenters. The van der Waals surface area contributed by atoms with Gasteiger partial charge in [-0.3, -0.25) is 0 Å². The van der Waals surface area contributed by atoms with Crippen molar-refractivity contribution in [2.24, 2.45) is 0 Å². The van der Waals surface area contributed by atoms with Crippen LogP contribution in [0, 0.1) is 0 Å². The van der Waals surface area contributed by atoms with Gasteiger partial charge in [0.2, 0.25) is 0 Å². The maximum Gasteiger partial charge on any atom is 0.0381 e. The van der Waals surface area contributed by atoms with Crippen molar-refractivity contribution in [3.63, 3.8) is 0 Å². The van der Waals surface area contributed by atoms with Crippen molar-refractivity contribution in [1.29, 1.82) is 0 Å². The Balaban J connectivity index is 0.000000921. The highest BCUT2D eigenvalue weighted by atomic mass is 14.9. The molecule has 82 valence electrons. The molecule has 0 bridgehead atoms. The van der Waals surface area contributed by atoms with E-state index in [4.69, 9.17) is 0 Å². The normalized spacial score (nSPS) is 10.7. The number of para-hydroxylation sites is 1. The number of hydrogen-bond donors (Lipinski definition) is 1. The summed E-state index contributed by atoms with van der Waals surface area (Å²) in [6.45, 7) is 11.8. The highest BCUT2D eigenvalue weighted by Crippen LogP contribution is 2.11. The Bertz CT molecular complexity index is 309. The molecule has 1 heteroatoms. The first-order valence-electron chi connectivity index (χ1n) is 5.36. The third-order valence-corrected chi connectivity index (χ3v) is 2.00. The van der Waals surface area contributed by atoms with Crippen LogP contribution in [-0.4, -0.2) is 0 Å². The van der Waals surface area contributed by atoms with E-state index in [9.17, 15) is 0 Å². The third-order valence-electron chi connectivity index (χ3n) is 2.00. The van der Waals surface area contributed by atoms with Gasteiger partial charge in [0.15, 0.2) is 0 Å². The van der Waals surface area contributed by atoms with Crippen LogP contribution in [-0.2, 0) is 0 Å². The molecule has 1 N–H and O–H groups in total. The largest absolute Gasteiger partial charge is 0.359 e. The van der Waals surface area contributed by atoms with E-state index in [-0.39, 0.29) is 0 Å². The summed E-state index contributed by atoms with van der Waals surface area (Å²) in [5.74, 6) is 0. The summed E-state index contributed by atoms with van der Waals surface area (Å²) in [5, 5.41) is 3.30. The minimum Gasteiger partial charge on any atom is -0.359 e. The van der Waals surface area contributed by atoms with Gasteiger partial charge in [-0.05, 0) is 31.6 Å². The van der Waals surface area contributed by atoms with Crippen LogP contribution in [0.2, 0.25) is 0 Å². The molecule has 1 aromatic carbocycles. The van der Waals surface area contributed by atoms with E-state index in [0.717, 1.165) is 11.4 Å². The van der Waals surface area contributed by atoms with Gasteiger partial charge < -0.3 is 5.32 Å². The lowest BCUT2D eigenvalue weighted by atomic mass is 10.2. The molecule has 0 aliphatic rings. The number of hydrogen-bond acceptors (Lipinski definition) is 1. The van der Waals surface area contributed by atoms with Crippen LogP contribution < -0.4 is 5.32 Å². The lowest BCUT2D eigenvalue weighted by Crippen LogP contribution is -1.96. The zero-order valence-corrected chi connectivity index (χ0v) is 10.2. The predicted molar refractivity (Wildman–Crippen MR) is 70.0 cm³/mol. The first kappa shape index (κ1) is 13.5. The summed E-state index contributed by atoms with van der Waals surface area (Å²) in [6, 6.07) is 10.1. The molecule has 0 unspecified atom stereocenters. The summed E-state index contributed by atoms with van der Waals surface area (Å²) in [7, 11) is 0. The molecule has 1 rings (SSSR count). The van der Waals surface area contributed by atoms with Crippen molar-refractivity contribution in [1.82, 2.24) is 0 Å². The van der Waals surface area contributed by atoms with Gasteiger partial charge in [0, 0.05) is 11.4 Å². The number of nitrogens with one attached hydrogen (secondary N) is 1. The fraction of sp³-hybridized carbons (Fsp3) is 0.286. The van der Waals surface area contributed by atoms with Crippen molar-refractivity contribution in [2.75, 3.05) is 5.32 Å². The monoisotopic (exact) mass is 203 g/mol. The van der Waals surface area contributed by atoms with E-state index < -0.39 is 0 Å². The lowest BCUT2D eigenvalue weighted by Gasteiger charge is -2.07. The first-order valence-corrected chi connectivity index (χ1v) is 5.36. The molecular weight excluding hydrogens is 182 g/mol. The average molecular weight is 203 g/mol. The van der Waals surface area contributed by atoms with E-state index in [2.05, 4.69) is 11.9 Å². The summed E-state index contributed by atoms with van der Waals surface area (Å²) in [4.78, 5) is 0. The summed E-state index contributed by atoms with van der Waals surface area (Å²) in [6.07, 6.45) is 1.85. The molecule has 1 aromatic rings. The van der Waals surface area contributed by atoms with Gasteiger partial charge in [-0.15, -0.1) is 0 Å². The highest BCUT2D eigenvalue weighted by molar-refractivity contribution is 5.48. The molecule has 0 fully saturated rings. The van der Waals surface area contributed by atoms with Crippen LogP contribution in [0.25, 0.3) is 0 Å². The molecule has 0 aliphatic heterocycles. The van der Waals surface area contributed by atoms with Gasteiger partial charge in [-0.25, -0.2) is 0 Å². The van der Waals surface area contributed by atoms with Crippen LogP contribution in [0.15, 0.2) is 54.3 Å². The number of rotatable bonds is 3. The van der Waals surface area contributed by atoms with Crippen molar-refractivity contribution in [3.05, 3.63) is 54.3 Å². The minimum absolute atomic E-state index is 1.11. The van der Waals surface area contributed by atoms with Gasteiger partial charge in [0.05, 0.1) is 0 Å². The topological polar surface area (TPSA) is 12.0 Å². The van der Waals surface area contributed by atoms with E-state index in [1.165, 1.54) is 5.57 Å². The summed E-state index contributed by atoms with van der Waals surface area (Å²) >= 11 is 0. The molecule has 0 heterocycles. The Kier molecular flexibility index (Phi) is 7.08. The molecule has 15 heavy (non-hydrogen) atoms. The van der Waals surface area contributed by atoms with Crippen molar-refractivity contribution < 1.29 is 0 Å². The van der Waals surface area contributed by atoms with Gasteiger partial charge in [-0.2, -0.15) is 0 Å². The molecule has 0 spiro atoms. The van der Waals surface area contributed by atoms with Gasteiger partial charge in [-0.1, -0.05) is 44.7 Å². The Morgan fingerprint density at radius 3 is 2.13 bits per heavy atom. The molecule has 0 aliphatic carbocycles. The molecule has 0 radical (unpaired) electrons. The Hall–Kier alpha value is -1.50. The van der Waals surface area contributed by atoms with Crippen LogP contribution in [0.4, 0.5) is 5.69 Å². The molecule has 0 aromatic heterocycles. The molecule has 1 nitrogen and oxygen atoms in total. The molecule has 0 saturated carbocycles. The third kappa shape index (κ3) is 5.06. The van der Waals surface area contributed by atoms with Gasteiger partial charge in [0.25, 0.3) is 0 Å². The zero-order chi connectivity index (χ0) is 11.7. The highest BCUT2D eigenvalue weighted by Gasteiger charge is 1.93. The van der Waals surface area contributed by atoms with Gasteiger partial charge in [0.1, 0.15) is 0 Å². The van der Waals surface area contributed by atoms with E-state index in [1.54, 1.807) is 0 Å². The van der Waals surface area contributed by atoms with Crippen molar-refractivity contribution >= 4 is 5.69 Å². The second-order valence-electron chi connectivity index (χ2n) is 3.00. The van der Waals surface area contributed by atoms with Crippen molar-refractivity contribution in [2.45, 2.75) is 27.7 Å². The quantitative estimate of drug-likeness (QED) is 0.708.